The molecule has 0 heterocycles. The molecule has 0 unspecified atom stereocenters. The standard InChI is InChI=1S/C16H20N2O4.2CH4/c1-11(19)3-8-15(20)18-10-13-6-4-12(5-7-13)9-14(17-2)16(21)22;;/h3-8,14,17H,9-10H2,1-2H3,(H,18,20)(H,21,22);2*1H4/b8-3+;;/t14-;;/m1../s1. The molecule has 0 radical (unpaired) electrons. The number of aliphatic carboxylic acids is 1. The predicted molar refractivity (Wildman–Crippen MR) is 95.8 cm³/mol. The zero-order valence-electron chi connectivity index (χ0n) is 12.6. The number of hydrogen-bond acceptors (Lipinski definition) is 4. The van der Waals surface area contributed by atoms with Crippen molar-refractivity contribution in [1.82, 2.24) is 10.6 Å². The highest BCUT2D eigenvalue weighted by molar-refractivity contribution is 5.96. The molecule has 0 spiro atoms. The summed E-state index contributed by atoms with van der Waals surface area (Å²) in [6.45, 7) is 1.72. The highest BCUT2D eigenvalue weighted by Gasteiger charge is 2.14. The van der Waals surface area contributed by atoms with E-state index in [2.05, 4.69) is 10.6 Å². The Bertz CT molecular complexity index is 565. The second-order valence-corrected chi connectivity index (χ2v) is 4.86. The lowest BCUT2D eigenvalue weighted by Gasteiger charge is -2.11. The molecule has 0 bridgehead atoms. The Hall–Kier alpha value is -2.47. The van der Waals surface area contributed by atoms with Gasteiger partial charge in [0.2, 0.25) is 5.91 Å². The van der Waals surface area contributed by atoms with Gasteiger partial charge in [0.05, 0.1) is 0 Å². The Morgan fingerprint density at radius 3 is 2.08 bits per heavy atom. The van der Waals surface area contributed by atoms with Crippen LogP contribution in [0.15, 0.2) is 36.4 Å². The van der Waals surface area contributed by atoms with Gasteiger partial charge in [0.15, 0.2) is 5.78 Å². The largest absolute Gasteiger partial charge is 0.480 e. The Labute approximate surface area is 144 Å². The van der Waals surface area contributed by atoms with Crippen LogP contribution in [0, 0.1) is 0 Å². The first-order valence-corrected chi connectivity index (χ1v) is 6.86. The Morgan fingerprint density at radius 1 is 1.08 bits per heavy atom. The number of benzene rings is 1. The number of ketones is 1. The van der Waals surface area contributed by atoms with Gasteiger partial charge in [-0.15, -0.1) is 0 Å². The quantitative estimate of drug-likeness (QED) is 0.631. The van der Waals surface area contributed by atoms with Gasteiger partial charge >= 0.3 is 5.97 Å². The number of carbonyl (C=O) groups is 3. The van der Waals surface area contributed by atoms with E-state index in [1.807, 2.05) is 24.3 Å². The van der Waals surface area contributed by atoms with Gasteiger partial charge in [-0.05, 0) is 37.6 Å². The van der Waals surface area contributed by atoms with Gasteiger partial charge in [-0.3, -0.25) is 14.4 Å². The molecule has 0 saturated heterocycles. The maximum absolute atomic E-state index is 11.4. The molecule has 0 saturated carbocycles. The zero-order chi connectivity index (χ0) is 16.5. The van der Waals surface area contributed by atoms with Crippen LogP contribution in [0.4, 0.5) is 0 Å². The second-order valence-electron chi connectivity index (χ2n) is 4.86. The van der Waals surface area contributed by atoms with Gasteiger partial charge in [0, 0.05) is 12.6 Å². The van der Waals surface area contributed by atoms with Crippen molar-refractivity contribution in [1.29, 1.82) is 0 Å². The molecule has 1 rings (SSSR count). The lowest BCUT2D eigenvalue weighted by Crippen LogP contribution is -2.35. The molecule has 134 valence electrons. The van der Waals surface area contributed by atoms with Crippen LogP contribution < -0.4 is 10.6 Å². The molecule has 0 fully saturated rings. The topological polar surface area (TPSA) is 95.5 Å². The summed E-state index contributed by atoms with van der Waals surface area (Å²) in [7, 11) is 1.61. The van der Waals surface area contributed by atoms with E-state index >= 15 is 0 Å². The van der Waals surface area contributed by atoms with Crippen LogP contribution in [0.1, 0.15) is 32.9 Å². The fourth-order valence-electron chi connectivity index (χ4n) is 1.78. The number of hydrogen-bond donors (Lipinski definition) is 3. The van der Waals surface area contributed by atoms with Crippen molar-refractivity contribution in [3.8, 4) is 0 Å². The third kappa shape index (κ3) is 8.85. The van der Waals surface area contributed by atoms with Crippen molar-refractivity contribution in [2.24, 2.45) is 0 Å². The molecule has 6 heteroatoms. The summed E-state index contributed by atoms with van der Waals surface area (Å²) in [6.07, 6.45) is 2.79. The maximum atomic E-state index is 11.4. The summed E-state index contributed by atoms with van der Waals surface area (Å²) < 4.78 is 0. The monoisotopic (exact) mass is 336 g/mol. The van der Waals surface area contributed by atoms with E-state index < -0.39 is 12.0 Å². The minimum atomic E-state index is -0.893. The van der Waals surface area contributed by atoms with Gasteiger partial charge in [-0.2, -0.15) is 0 Å². The first-order chi connectivity index (χ1) is 10.4. The molecular weight excluding hydrogens is 308 g/mol. The number of carbonyl (C=O) groups excluding carboxylic acids is 2. The van der Waals surface area contributed by atoms with Crippen LogP contribution in [0.3, 0.4) is 0 Å². The van der Waals surface area contributed by atoms with E-state index in [1.165, 1.54) is 19.1 Å². The summed E-state index contributed by atoms with van der Waals surface area (Å²) in [6, 6.07) is 6.71. The molecule has 0 aliphatic rings. The molecule has 3 N–H and O–H groups in total. The fourth-order valence-corrected chi connectivity index (χ4v) is 1.78. The van der Waals surface area contributed by atoms with E-state index in [0.717, 1.165) is 11.1 Å². The van der Waals surface area contributed by atoms with Gasteiger partial charge in [0.1, 0.15) is 6.04 Å². The molecule has 1 atom stereocenters. The number of carboxylic acids is 1. The number of allylic oxidation sites excluding steroid dienone is 1. The highest BCUT2D eigenvalue weighted by atomic mass is 16.4. The number of carboxylic acid groups (broad SMARTS) is 1. The lowest BCUT2D eigenvalue weighted by atomic mass is 10.0. The molecular formula is C18H28N2O4. The SMILES string of the molecule is C.C.CN[C@H](Cc1ccc(CNC(=O)/C=C/C(C)=O)cc1)C(=O)O. The Morgan fingerprint density at radius 2 is 1.62 bits per heavy atom. The molecule has 1 amide bonds. The van der Waals surface area contributed by atoms with Crippen LogP contribution in [-0.2, 0) is 27.3 Å². The zero-order valence-corrected chi connectivity index (χ0v) is 12.6. The third-order valence-corrected chi connectivity index (χ3v) is 3.05. The average Bonchev–Trinajstić information content (AvgIpc) is 2.49. The molecule has 24 heavy (non-hydrogen) atoms. The van der Waals surface area contributed by atoms with Crippen LogP contribution >= 0.6 is 0 Å². The van der Waals surface area contributed by atoms with E-state index in [-0.39, 0.29) is 26.5 Å². The van der Waals surface area contributed by atoms with Gasteiger partial charge < -0.3 is 15.7 Å². The highest BCUT2D eigenvalue weighted by Crippen LogP contribution is 2.07. The molecule has 1 aromatic rings. The third-order valence-electron chi connectivity index (χ3n) is 3.05. The number of amides is 1. The van der Waals surface area contributed by atoms with Crippen molar-refractivity contribution >= 4 is 17.7 Å². The van der Waals surface area contributed by atoms with Crippen molar-refractivity contribution in [2.45, 2.75) is 40.8 Å². The second kappa shape index (κ2) is 12.0. The fraction of sp³-hybridized carbons (Fsp3) is 0.389. The number of rotatable bonds is 8. The lowest BCUT2D eigenvalue weighted by molar-refractivity contribution is -0.139. The number of likely N-dealkylation sites (N-methyl/N-ethyl adjacent to an activating group) is 1. The molecule has 0 aromatic heterocycles. The van der Waals surface area contributed by atoms with Crippen molar-refractivity contribution in [3.63, 3.8) is 0 Å². The first kappa shape index (κ1) is 23.8. The van der Waals surface area contributed by atoms with Crippen molar-refractivity contribution in [2.75, 3.05) is 7.05 Å². The van der Waals surface area contributed by atoms with Gasteiger partial charge in [-0.1, -0.05) is 39.1 Å². The Kier molecular flexibility index (Phi) is 11.9. The van der Waals surface area contributed by atoms with Crippen molar-refractivity contribution in [3.05, 3.63) is 47.5 Å². The van der Waals surface area contributed by atoms with Gasteiger partial charge in [0.25, 0.3) is 0 Å². The molecule has 6 nitrogen and oxygen atoms in total. The smallest absolute Gasteiger partial charge is 0.321 e. The van der Waals surface area contributed by atoms with Crippen LogP contribution in [0.2, 0.25) is 0 Å². The van der Waals surface area contributed by atoms with Crippen molar-refractivity contribution < 1.29 is 19.5 Å². The van der Waals surface area contributed by atoms with E-state index in [1.54, 1.807) is 7.05 Å². The van der Waals surface area contributed by atoms with E-state index in [9.17, 15) is 14.4 Å². The summed E-state index contributed by atoms with van der Waals surface area (Å²) in [4.78, 5) is 33.1. The summed E-state index contributed by atoms with van der Waals surface area (Å²) in [5.74, 6) is -1.41. The van der Waals surface area contributed by atoms with Crippen LogP contribution in [0.25, 0.3) is 0 Å². The van der Waals surface area contributed by atoms with Crippen LogP contribution in [-0.4, -0.2) is 35.9 Å². The van der Waals surface area contributed by atoms with E-state index in [4.69, 9.17) is 5.11 Å². The Balaban J connectivity index is 0. The minimum absolute atomic E-state index is 0. The number of nitrogens with one attached hydrogen (secondary N) is 2. The summed E-state index contributed by atoms with van der Waals surface area (Å²) in [5, 5.41) is 14.4. The van der Waals surface area contributed by atoms with Crippen LogP contribution in [0.5, 0.6) is 0 Å². The van der Waals surface area contributed by atoms with E-state index in [0.29, 0.717) is 13.0 Å². The van der Waals surface area contributed by atoms with Gasteiger partial charge in [-0.25, -0.2) is 0 Å². The molecule has 0 aliphatic heterocycles. The predicted octanol–water partition coefficient (Wildman–Crippen LogP) is 1.94. The summed E-state index contributed by atoms with van der Waals surface area (Å²) in [5.41, 5.74) is 1.79. The first-order valence-electron chi connectivity index (χ1n) is 6.86. The normalized spacial score (nSPS) is 11.1. The molecule has 1 aromatic carbocycles. The average molecular weight is 336 g/mol. The maximum Gasteiger partial charge on any atom is 0.321 e. The molecule has 0 aliphatic carbocycles. The minimum Gasteiger partial charge on any atom is -0.480 e. The summed E-state index contributed by atoms with van der Waals surface area (Å²) >= 11 is 0.